The van der Waals surface area contributed by atoms with Crippen LogP contribution in [0.25, 0.3) is 22.4 Å². The Morgan fingerprint density at radius 3 is 2.56 bits per heavy atom. The number of anilines is 2. The first-order valence-electron chi connectivity index (χ1n) is 10.1. The summed E-state index contributed by atoms with van der Waals surface area (Å²) < 4.78 is 25.5. The highest BCUT2D eigenvalue weighted by Gasteiger charge is 2.28. The number of carbonyl (C=O) groups excluding carboxylic acids is 1. The minimum atomic E-state index is -3.25. The average molecular weight is 467 g/mol. The molecule has 162 valence electrons. The minimum absolute atomic E-state index is 0.156. The zero-order valence-corrected chi connectivity index (χ0v) is 18.4. The molecule has 1 aliphatic heterocycles. The molecule has 5 rings (SSSR count). The second-order valence-electron chi connectivity index (χ2n) is 7.54. The first kappa shape index (κ1) is 20.5. The summed E-state index contributed by atoms with van der Waals surface area (Å²) in [4.78, 5) is 20.5. The molecule has 1 amide bonds. The molecule has 0 saturated carbocycles. The molecule has 2 heterocycles. The molecule has 9 heteroatoms. The standard InChI is InChI=1S/C23H19ClN4O3S/c24-19-5-2-1-4-18(19)22-26-20-11-8-16(14-21(20)27-22)25-23(29)15-6-9-17(10-7-15)28-12-3-13-32(28,30)31/h1-2,4-11,14H,3,12-13H2,(H,25,29)(H,26,27). The van der Waals surface area contributed by atoms with Crippen molar-refractivity contribution in [2.75, 3.05) is 21.9 Å². The second-order valence-corrected chi connectivity index (χ2v) is 9.96. The first-order valence-corrected chi connectivity index (χ1v) is 12.1. The first-order chi connectivity index (χ1) is 15.4. The normalized spacial score (nSPS) is 15.2. The van der Waals surface area contributed by atoms with Gasteiger partial charge in [0.1, 0.15) is 5.82 Å². The summed E-state index contributed by atoms with van der Waals surface area (Å²) in [6.07, 6.45) is 0.610. The quantitative estimate of drug-likeness (QED) is 0.456. The number of aromatic amines is 1. The predicted octanol–water partition coefficient (Wildman–Crippen LogP) is 4.68. The van der Waals surface area contributed by atoms with E-state index in [-0.39, 0.29) is 11.7 Å². The third-order valence-electron chi connectivity index (χ3n) is 5.39. The number of imidazole rings is 1. The molecule has 0 unspecified atom stereocenters. The number of rotatable bonds is 4. The van der Waals surface area contributed by atoms with E-state index >= 15 is 0 Å². The lowest BCUT2D eigenvalue weighted by atomic mass is 10.2. The summed E-state index contributed by atoms with van der Waals surface area (Å²) in [5.74, 6) is 0.524. The van der Waals surface area contributed by atoms with Crippen LogP contribution >= 0.6 is 11.6 Å². The van der Waals surface area contributed by atoms with Gasteiger partial charge < -0.3 is 10.3 Å². The number of fused-ring (bicyclic) bond motifs is 1. The number of aromatic nitrogens is 2. The maximum atomic E-state index is 12.7. The fourth-order valence-electron chi connectivity index (χ4n) is 3.78. The SMILES string of the molecule is O=C(Nc1ccc2nc(-c3ccccc3Cl)[nH]c2c1)c1ccc(N2CCCS2(=O)=O)cc1. The third kappa shape index (κ3) is 3.83. The molecule has 1 aliphatic rings. The molecule has 2 N–H and O–H groups in total. The highest BCUT2D eigenvalue weighted by molar-refractivity contribution is 7.93. The molecule has 1 fully saturated rings. The van der Waals surface area contributed by atoms with Crippen molar-refractivity contribution in [2.45, 2.75) is 6.42 Å². The number of hydrogen-bond acceptors (Lipinski definition) is 4. The number of nitrogens with one attached hydrogen (secondary N) is 2. The van der Waals surface area contributed by atoms with E-state index in [0.717, 1.165) is 16.6 Å². The van der Waals surface area contributed by atoms with Crippen molar-refractivity contribution in [1.29, 1.82) is 0 Å². The van der Waals surface area contributed by atoms with Gasteiger partial charge in [0.15, 0.2) is 0 Å². The Hall–Kier alpha value is -3.36. The van der Waals surface area contributed by atoms with Gasteiger partial charge in [-0.3, -0.25) is 9.10 Å². The van der Waals surface area contributed by atoms with Crippen LogP contribution in [-0.4, -0.2) is 36.6 Å². The van der Waals surface area contributed by atoms with Gasteiger partial charge in [-0.1, -0.05) is 23.7 Å². The second kappa shape index (κ2) is 7.96. The number of carbonyl (C=O) groups is 1. The van der Waals surface area contributed by atoms with Gasteiger partial charge in [-0.25, -0.2) is 13.4 Å². The van der Waals surface area contributed by atoms with Crippen LogP contribution in [0.15, 0.2) is 66.7 Å². The number of nitrogens with zero attached hydrogens (tertiary/aromatic N) is 2. The molecule has 32 heavy (non-hydrogen) atoms. The summed E-state index contributed by atoms with van der Waals surface area (Å²) in [5.41, 5.74) is 3.96. The highest BCUT2D eigenvalue weighted by Crippen LogP contribution is 2.28. The van der Waals surface area contributed by atoms with Crippen molar-refractivity contribution in [3.63, 3.8) is 0 Å². The summed E-state index contributed by atoms with van der Waals surface area (Å²) in [5, 5.41) is 3.47. The maximum absolute atomic E-state index is 12.7. The molecule has 3 aromatic carbocycles. The van der Waals surface area contributed by atoms with Crippen LogP contribution in [0.3, 0.4) is 0 Å². The molecule has 1 aromatic heterocycles. The Bertz CT molecular complexity index is 1430. The molecule has 0 spiro atoms. The smallest absolute Gasteiger partial charge is 0.255 e. The molecule has 1 saturated heterocycles. The van der Waals surface area contributed by atoms with Crippen LogP contribution in [0.2, 0.25) is 5.02 Å². The fraction of sp³-hybridized carbons (Fsp3) is 0.130. The van der Waals surface area contributed by atoms with Crippen molar-refractivity contribution in [2.24, 2.45) is 0 Å². The molecule has 0 radical (unpaired) electrons. The topological polar surface area (TPSA) is 95.2 Å². The van der Waals surface area contributed by atoms with Crippen LogP contribution in [0, 0.1) is 0 Å². The largest absolute Gasteiger partial charge is 0.338 e. The fourth-order valence-corrected chi connectivity index (χ4v) is 5.57. The number of benzene rings is 3. The van der Waals surface area contributed by atoms with Gasteiger partial charge in [-0.2, -0.15) is 0 Å². The third-order valence-corrected chi connectivity index (χ3v) is 7.58. The van der Waals surface area contributed by atoms with Crippen molar-refractivity contribution in [1.82, 2.24) is 9.97 Å². The average Bonchev–Trinajstić information content (AvgIpc) is 3.36. The van der Waals surface area contributed by atoms with E-state index in [0.29, 0.717) is 40.8 Å². The van der Waals surface area contributed by atoms with Gasteiger partial charge in [0.2, 0.25) is 10.0 Å². The molecule has 4 aromatic rings. The maximum Gasteiger partial charge on any atom is 0.255 e. The molecule has 7 nitrogen and oxygen atoms in total. The lowest BCUT2D eigenvalue weighted by Crippen LogP contribution is -2.25. The van der Waals surface area contributed by atoms with Crippen LogP contribution in [0.4, 0.5) is 11.4 Å². The van der Waals surface area contributed by atoms with Crippen LogP contribution in [-0.2, 0) is 10.0 Å². The van der Waals surface area contributed by atoms with E-state index in [1.807, 2.05) is 30.3 Å². The van der Waals surface area contributed by atoms with E-state index in [2.05, 4.69) is 15.3 Å². The zero-order valence-electron chi connectivity index (χ0n) is 16.9. The molecule has 0 aliphatic carbocycles. The molecule has 0 bridgehead atoms. The lowest BCUT2D eigenvalue weighted by molar-refractivity contribution is 0.102. The minimum Gasteiger partial charge on any atom is -0.338 e. The Morgan fingerprint density at radius 1 is 1.06 bits per heavy atom. The predicted molar refractivity (Wildman–Crippen MR) is 127 cm³/mol. The zero-order chi connectivity index (χ0) is 22.3. The highest BCUT2D eigenvalue weighted by atomic mass is 35.5. The Morgan fingerprint density at radius 2 is 1.84 bits per heavy atom. The van der Waals surface area contributed by atoms with E-state index < -0.39 is 10.0 Å². The number of H-pyrrole nitrogens is 1. The van der Waals surface area contributed by atoms with Gasteiger partial charge in [0.05, 0.1) is 27.5 Å². The van der Waals surface area contributed by atoms with Crippen molar-refractivity contribution < 1.29 is 13.2 Å². The van der Waals surface area contributed by atoms with E-state index in [9.17, 15) is 13.2 Å². The summed E-state index contributed by atoms with van der Waals surface area (Å²) in [7, 11) is -3.25. The van der Waals surface area contributed by atoms with Crippen molar-refractivity contribution >= 4 is 49.9 Å². The molecule has 0 atom stereocenters. The summed E-state index contributed by atoms with van der Waals surface area (Å²) in [6, 6.07) is 19.4. The van der Waals surface area contributed by atoms with Crippen LogP contribution in [0.1, 0.15) is 16.8 Å². The van der Waals surface area contributed by atoms with Gasteiger partial charge in [-0.05, 0) is 61.0 Å². The van der Waals surface area contributed by atoms with Gasteiger partial charge in [0, 0.05) is 23.4 Å². The number of hydrogen-bond donors (Lipinski definition) is 2. The van der Waals surface area contributed by atoms with E-state index in [1.165, 1.54) is 4.31 Å². The number of sulfonamides is 1. The van der Waals surface area contributed by atoms with Gasteiger partial charge in [0.25, 0.3) is 5.91 Å². The summed E-state index contributed by atoms with van der Waals surface area (Å²) in [6.45, 7) is 0.467. The van der Waals surface area contributed by atoms with E-state index in [4.69, 9.17) is 11.6 Å². The Kier molecular flexibility index (Phi) is 5.11. The molecular formula is C23H19ClN4O3S. The van der Waals surface area contributed by atoms with Crippen LogP contribution in [0.5, 0.6) is 0 Å². The van der Waals surface area contributed by atoms with Gasteiger partial charge in [-0.15, -0.1) is 0 Å². The lowest BCUT2D eigenvalue weighted by Gasteiger charge is -2.17. The van der Waals surface area contributed by atoms with Crippen LogP contribution < -0.4 is 9.62 Å². The Balaban J connectivity index is 1.35. The van der Waals surface area contributed by atoms with E-state index in [1.54, 1.807) is 36.4 Å². The Labute approximate surface area is 190 Å². The summed E-state index contributed by atoms with van der Waals surface area (Å²) >= 11 is 6.27. The van der Waals surface area contributed by atoms with Crippen molar-refractivity contribution in [3.8, 4) is 11.4 Å². The molecular weight excluding hydrogens is 448 g/mol. The van der Waals surface area contributed by atoms with Gasteiger partial charge >= 0.3 is 0 Å². The monoisotopic (exact) mass is 466 g/mol. The number of halogens is 1. The van der Waals surface area contributed by atoms with Crippen molar-refractivity contribution in [3.05, 3.63) is 77.3 Å². The number of amides is 1.